The molecule has 1 aromatic heterocycles. The number of amides is 2. The van der Waals surface area contributed by atoms with Gasteiger partial charge < -0.3 is 4.90 Å². The third-order valence-corrected chi connectivity index (χ3v) is 4.41. The van der Waals surface area contributed by atoms with E-state index in [0.717, 1.165) is 30.5 Å². The number of nitrogens with zero attached hydrogens (tertiary/aromatic N) is 2. The largest absolute Gasteiger partial charge is 0.324 e. The van der Waals surface area contributed by atoms with Gasteiger partial charge in [0.05, 0.1) is 0 Å². The molecule has 1 saturated carbocycles. The molecule has 0 radical (unpaired) electrons. The van der Waals surface area contributed by atoms with E-state index in [2.05, 4.69) is 10.3 Å². The molecule has 2 amide bonds. The van der Waals surface area contributed by atoms with Crippen LogP contribution in [0.3, 0.4) is 0 Å². The number of likely N-dealkylation sites (tertiary alicyclic amines) is 1. The molecule has 19 heavy (non-hydrogen) atoms. The lowest BCUT2D eigenvalue weighted by Gasteiger charge is -2.42. The van der Waals surface area contributed by atoms with Gasteiger partial charge >= 0.3 is 6.03 Å². The Hall–Kier alpha value is -1.58. The van der Waals surface area contributed by atoms with Crippen molar-refractivity contribution in [1.29, 1.82) is 0 Å². The SMILES string of the molecule is Cc1ccc(NC(=O)N2CC(C3CCCC3)C2)nc1. The van der Waals surface area contributed by atoms with Gasteiger partial charge in [-0.3, -0.25) is 5.32 Å². The zero-order valence-electron chi connectivity index (χ0n) is 11.4. The molecule has 1 N–H and O–H groups in total. The quantitative estimate of drug-likeness (QED) is 0.887. The fourth-order valence-corrected chi connectivity index (χ4v) is 3.14. The summed E-state index contributed by atoms with van der Waals surface area (Å²) in [5.74, 6) is 2.24. The number of anilines is 1. The van der Waals surface area contributed by atoms with Crippen molar-refractivity contribution in [2.45, 2.75) is 32.6 Å². The summed E-state index contributed by atoms with van der Waals surface area (Å²) in [6.45, 7) is 3.82. The van der Waals surface area contributed by atoms with Gasteiger partial charge in [0.2, 0.25) is 0 Å². The summed E-state index contributed by atoms with van der Waals surface area (Å²) >= 11 is 0. The molecular formula is C15H21N3O. The van der Waals surface area contributed by atoms with Crippen LogP contribution in [0, 0.1) is 18.8 Å². The summed E-state index contributed by atoms with van der Waals surface area (Å²) in [5, 5.41) is 2.86. The van der Waals surface area contributed by atoms with Crippen LogP contribution in [0.1, 0.15) is 31.2 Å². The average Bonchev–Trinajstić information content (AvgIpc) is 2.84. The number of hydrogen-bond donors (Lipinski definition) is 1. The van der Waals surface area contributed by atoms with E-state index in [0.29, 0.717) is 5.82 Å². The van der Waals surface area contributed by atoms with Crippen molar-refractivity contribution in [3.8, 4) is 0 Å². The Morgan fingerprint density at radius 1 is 1.26 bits per heavy atom. The minimum Gasteiger partial charge on any atom is -0.324 e. The Morgan fingerprint density at radius 3 is 2.63 bits per heavy atom. The predicted molar refractivity (Wildman–Crippen MR) is 75.0 cm³/mol. The first-order valence-electron chi connectivity index (χ1n) is 7.21. The Balaban J connectivity index is 1.48. The molecular weight excluding hydrogens is 238 g/mol. The molecule has 1 saturated heterocycles. The molecule has 2 fully saturated rings. The normalized spacial score (nSPS) is 20.4. The molecule has 0 spiro atoms. The van der Waals surface area contributed by atoms with Gasteiger partial charge in [-0.05, 0) is 30.4 Å². The maximum Gasteiger partial charge on any atom is 0.323 e. The van der Waals surface area contributed by atoms with Crippen LogP contribution in [-0.4, -0.2) is 29.0 Å². The first kappa shape index (κ1) is 12.5. The van der Waals surface area contributed by atoms with E-state index in [1.807, 2.05) is 24.0 Å². The Kier molecular flexibility index (Phi) is 3.40. The lowest BCUT2D eigenvalue weighted by atomic mass is 9.85. The number of urea groups is 1. The molecule has 0 unspecified atom stereocenters. The Bertz CT molecular complexity index is 445. The standard InChI is InChI=1S/C15H21N3O/c1-11-6-7-14(16-8-11)17-15(19)18-9-13(10-18)12-4-2-3-5-12/h6-8,12-13H,2-5,9-10H2,1H3,(H,16,17,19). The Labute approximate surface area is 114 Å². The molecule has 0 bridgehead atoms. The van der Waals surface area contributed by atoms with Gasteiger partial charge in [-0.1, -0.05) is 31.7 Å². The van der Waals surface area contributed by atoms with Gasteiger partial charge in [0.15, 0.2) is 0 Å². The first-order valence-corrected chi connectivity index (χ1v) is 7.21. The zero-order valence-corrected chi connectivity index (χ0v) is 11.4. The second kappa shape index (κ2) is 5.19. The highest BCUT2D eigenvalue weighted by Crippen LogP contribution is 2.36. The van der Waals surface area contributed by atoms with Crippen LogP contribution in [0.15, 0.2) is 18.3 Å². The molecule has 4 nitrogen and oxygen atoms in total. The highest BCUT2D eigenvalue weighted by atomic mass is 16.2. The zero-order chi connectivity index (χ0) is 13.2. The molecule has 102 valence electrons. The Morgan fingerprint density at radius 2 is 2.00 bits per heavy atom. The summed E-state index contributed by atoms with van der Waals surface area (Å²) in [5.41, 5.74) is 1.10. The van der Waals surface area contributed by atoms with Crippen LogP contribution in [0.5, 0.6) is 0 Å². The molecule has 0 aromatic carbocycles. The topological polar surface area (TPSA) is 45.2 Å². The summed E-state index contributed by atoms with van der Waals surface area (Å²) in [4.78, 5) is 18.1. The van der Waals surface area contributed by atoms with Gasteiger partial charge in [-0.25, -0.2) is 9.78 Å². The fourth-order valence-electron chi connectivity index (χ4n) is 3.14. The van der Waals surface area contributed by atoms with Crippen molar-refractivity contribution >= 4 is 11.8 Å². The van der Waals surface area contributed by atoms with Crippen LogP contribution in [0.25, 0.3) is 0 Å². The van der Waals surface area contributed by atoms with Crippen LogP contribution in [0.2, 0.25) is 0 Å². The summed E-state index contributed by atoms with van der Waals surface area (Å²) < 4.78 is 0. The van der Waals surface area contributed by atoms with Gasteiger partial charge in [0, 0.05) is 19.3 Å². The van der Waals surface area contributed by atoms with E-state index in [-0.39, 0.29) is 6.03 Å². The average molecular weight is 259 g/mol. The number of hydrogen-bond acceptors (Lipinski definition) is 2. The minimum atomic E-state index is -0.00870. The van der Waals surface area contributed by atoms with Gasteiger partial charge in [-0.15, -0.1) is 0 Å². The number of aromatic nitrogens is 1. The van der Waals surface area contributed by atoms with Gasteiger partial charge in [-0.2, -0.15) is 0 Å². The van der Waals surface area contributed by atoms with E-state index in [4.69, 9.17) is 0 Å². The number of pyridine rings is 1. The minimum absolute atomic E-state index is 0.00870. The predicted octanol–water partition coefficient (Wildman–Crippen LogP) is 3.04. The van der Waals surface area contributed by atoms with Crippen LogP contribution >= 0.6 is 0 Å². The summed E-state index contributed by atoms with van der Waals surface area (Å²) in [7, 11) is 0. The fraction of sp³-hybridized carbons (Fsp3) is 0.600. The maximum absolute atomic E-state index is 12.0. The summed E-state index contributed by atoms with van der Waals surface area (Å²) in [6.07, 6.45) is 7.24. The lowest BCUT2D eigenvalue weighted by Crippen LogP contribution is -2.53. The van der Waals surface area contributed by atoms with Crippen molar-refractivity contribution in [1.82, 2.24) is 9.88 Å². The van der Waals surface area contributed by atoms with Crippen LogP contribution in [0.4, 0.5) is 10.6 Å². The number of carbonyl (C=O) groups is 1. The summed E-state index contributed by atoms with van der Waals surface area (Å²) in [6, 6.07) is 3.80. The van der Waals surface area contributed by atoms with E-state index < -0.39 is 0 Å². The highest BCUT2D eigenvalue weighted by Gasteiger charge is 2.37. The molecule has 2 heterocycles. The number of carbonyl (C=O) groups excluding carboxylic acids is 1. The van der Waals surface area contributed by atoms with E-state index in [9.17, 15) is 4.79 Å². The van der Waals surface area contributed by atoms with Gasteiger partial charge in [0.25, 0.3) is 0 Å². The van der Waals surface area contributed by atoms with Crippen molar-refractivity contribution in [3.63, 3.8) is 0 Å². The second-order valence-corrected chi connectivity index (χ2v) is 5.86. The first-order chi connectivity index (χ1) is 9.22. The van der Waals surface area contributed by atoms with Crippen LogP contribution < -0.4 is 5.32 Å². The van der Waals surface area contributed by atoms with E-state index in [1.165, 1.54) is 25.7 Å². The monoisotopic (exact) mass is 259 g/mol. The van der Waals surface area contributed by atoms with Crippen molar-refractivity contribution < 1.29 is 4.79 Å². The van der Waals surface area contributed by atoms with Crippen molar-refractivity contribution in [3.05, 3.63) is 23.9 Å². The molecule has 1 aliphatic heterocycles. The molecule has 4 heteroatoms. The molecule has 0 atom stereocenters. The lowest BCUT2D eigenvalue weighted by molar-refractivity contribution is 0.0926. The van der Waals surface area contributed by atoms with Gasteiger partial charge in [0.1, 0.15) is 5.82 Å². The van der Waals surface area contributed by atoms with E-state index >= 15 is 0 Å². The molecule has 1 aromatic rings. The van der Waals surface area contributed by atoms with Crippen molar-refractivity contribution in [2.75, 3.05) is 18.4 Å². The number of rotatable bonds is 2. The second-order valence-electron chi connectivity index (χ2n) is 5.86. The molecule has 3 rings (SSSR count). The number of nitrogens with one attached hydrogen (secondary N) is 1. The van der Waals surface area contributed by atoms with E-state index in [1.54, 1.807) is 6.20 Å². The number of aryl methyl sites for hydroxylation is 1. The molecule has 1 aliphatic carbocycles. The third kappa shape index (κ3) is 2.72. The molecule has 2 aliphatic rings. The highest BCUT2D eigenvalue weighted by molar-refractivity contribution is 5.88. The smallest absolute Gasteiger partial charge is 0.323 e. The maximum atomic E-state index is 12.0. The van der Waals surface area contributed by atoms with Crippen LogP contribution in [-0.2, 0) is 0 Å². The van der Waals surface area contributed by atoms with Crippen molar-refractivity contribution in [2.24, 2.45) is 11.8 Å². The third-order valence-electron chi connectivity index (χ3n) is 4.41.